The number of nitrogens with one attached hydrogen (secondary N) is 1. The highest BCUT2D eigenvalue weighted by Crippen LogP contribution is 2.37. The number of hydrogen-bond acceptors (Lipinski definition) is 6. The molecule has 0 bridgehead atoms. The van der Waals surface area contributed by atoms with Gasteiger partial charge in [-0.25, -0.2) is 9.97 Å². The van der Waals surface area contributed by atoms with E-state index in [0.29, 0.717) is 6.61 Å². The van der Waals surface area contributed by atoms with Gasteiger partial charge in [0.25, 0.3) is 0 Å². The fraction of sp³-hybridized carbons (Fsp3) is 0.400. The Morgan fingerprint density at radius 3 is 3.00 bits per heavy atom. The minimum absolute atomic E-state index is 0.113. The minimum atomic E-state index is 0.113. The van der Waals surface area contributed by atoms with Crippen LogP contribution in [-0.2, 0) is 11.2 Å². The number of nitrogens with zero attached hydrogens (tertiary/aromatic N) is 2. The van der Waals surface area contributed by atoms with Crippen LogP contribution in [0.3, 0.4) is 0 Å². The van der Waals surface area contributed by atoms with E-state index in [0.717, 1.165) is 53.3 Å². The van der Waals surface area contributed by atoms with Crippen LogP contribution in [-0.4, -0.2) is 29.3 Å². The van der Waals surface area contributed by atoms with Crippen molar-refractivity contribution in [3.05, 3.63) is 41.0 Å². The van der Waals surface area contributed by atoms with Crippen molar-refractivity contribution in [3.8, 4) is 5.75 Å². The van der Waals surface area contributed by atoms with E-state index in [1.165, 1.54) is 10.4 Å². The van der Waals surface area contributed by atoms with Gasteiger partial charge in [-0.2, -0.15) is 0 Å². The van der Waals surface area contributed by atoms with Crippen molar-refractivity contribution < 1.29 is 9.47 Å². The summed E-state index contributed by atoms with van der Waals surface area (Å²) in [6, 6.07) is 8.01. The molecule has 1 aliphatic heterocycles. The maximum Gasteiger partial charge on any atom is 0.143 e. The molecule has 4 rings (SSSR count). The first-order valence-electron chi connectivity index (χ1n) is 9.09. The highest BCUT2D eigenvalue weighted by Gasteiger charge is 2.20. The van der Waals surface area contributed by atoms with E-state index in [2.05, 4.69) is 29.1 Å². The van der Waals surface area contributed by atoms with Crippen LogP contribution < -0.4 is 10.1 Å². The number of benzene rings is 1. The van der Waals surface area contributed by atoms with Gasteiger partial charge < -0.3 is 14.8 Å². The molecule has 6 heteroatoms. The fourth-order valence-corrected chi connectivity index (χ4v) is 4.37. The largest absolute Gasteiger partial charge is 0.486 e. The van der Waals surface area contributed by atoms with E-state index < -0.39 is 0 Å². The minimum Gasteiger partial charge on any atom is -0.486 e. The Morgan fingerprint density at radius 1 is 1.31 bits per heavy atom. The summed E-state index contributed by atoms with van der Waals surface area (Å²) in [5, 5.41) is 4.63. The summed E-state index contributed by atoms with van der Waals surface area (Å²) in [5.74, 6) is 1.68. The van der Waals surface area contributed by atoms with Gasteiger partial charge in [0, 0.05) is 11.3 Å². The lowest BCUT2D eigenvalue weighted by Gasteiger charge is -2.16. The molecule has 136 valence electrons. The highest BCUT2D eigenvalue weighted by atomic mass is 32.1. The molecule has 0 spiro atoms. The molecule has 0 aliphatic carbocycles. The molecule has 2 aromatic heterocycles. The maximum atomic E-state index is 6.15. The zero-order valence-corrected chi connectivity index (χ0v) is 15.9. The number of hydrogen-bond donors (Lipinski definition) is 1. The van der Waals surface area contributed by atoms with E-state index in [4.69, 9.17) is 9.47 Å². The van der Waals surface area contributed by atoms with Gasteiger partial charge in [-0.1, -0.05) is 25.5 Å². The average molecular weight is 369 g/mol. The molecule has 1 aliphatic rings. The third-order valence-corrected chi connectivity index (χ3v) is 5.67. The van der Waals surface area contributed by atoms with E-state index in [1.807, 2.05) is 24.3 Å². The Hall–Kier alpha value is -2.18. The molecule has 26 heavy (non-hydrogen) atoms. The lowest BCUT2D eigenvalue weighted by atomic mass is 10.1. The molecular weight excluding hydrogens is 346 g/mol. The summed E-state index contributed by atoms with van der Waals surface area (Å²) < 4.78 is 11.6. The number of anilines is 2. The number of thiophene rings is 1. The number of rotatable bonds is 6. The van der Waals surface area contributed by atoms with Gasteiger partial charge >= 0.3 is 0 Å². The Balaban J connectivity index is 1.69. The molecule has 5 nitrogen and oxygen atoms in total. The van der Waals surface area contributed by atoms with Crippen molar-refractivity contribution >= 4 is 33.1 Å². The van der Waals surface area contributed by atoms with Crippen molar-refractivity contribution in [3.63, 3.8) is 0 Å². The summed E-state index contributed by atoms with van der Waals surface area (Å²) in [6.07, 6.45) is 4.80. The summed E-state index contributed by atoms with van der Waals surface area (Å²) >= 11 is 1.73. The second-order valence-corrected chi connectivity index (χ2v) is 7.72. The standard InChI is InChI=1S/C20H23N3O2S/c1-3-6-15-13(2)26-20-18(15)19(21-12-22-20)23-16-7-4-5-8-17(16)25-14-9-10-24-11-14/h4-5,7-8,12,14H,3,6,9-11H2,1-2H3,(H,21,22,23). The van der Waals surface area contributed by atoms with Crippen molar-refractivity contribution in [2.75, 3.05) is 18.5 Å². The summed E-state index contributed by atoms with van der Waals surface area (Å²) in [5.41, 5.74) is 2.27. The van der Waals surface area contributed by atoms with Crippen LogP contribution in [0.15, 0.2) is 30.6 Å². The number of ether oxygens (including phenoxy) is 2. The number of aryl methyl sites for hydroxylation is 2. The molecule has 1 aromatic carbocycles. The van der Waals surface area contributed by atoms with Gasteiger partial charge in [-0.05, 0) is 31.0 Å². The highest BCUT2D eigenvalue weighted by molar-refractivity contribution is 7.18. The van der Waals surface area contributed by atoms with Crippen molar-refractivity contribution in [1.29, 1.82) is 0 Å². The van der Waals surface area contributed by atoms with Gasteiger partial charge in [0.1, 0.15) is 28.8 Å². The van der Waals surface area contributed by atoms with E-state index in [9.17, 15) is 0 Å². The Kier molecular flexibility index (Phi) is 5.04. The first-order valence-corrected chi connectivity index (χ1v) is 9.91. The van der Waals surface area contributed by atoms with Crippen LogP contribution in [0.1, 0.15) is 30.2 Å². The second-order valence-electron chi connectivity index (χ2n) is 6.51. The summed E-state index contributed by atoms with van der Waals surface area (Å²) in [7, 11) is 0. The SMILES string of the molecule is CCCc1c(C)sc2ncnc(Nc3ccccc3OC3CCOC3)c12. The molecule has 0 saturated carbocycles. The van der Waals surface area contributed by atoms with Crippen molar-refractivity contribution in [2.24, 2.45) is 0 Å². The van der Waals surface area contributed by atoms with E-state index in [-0.39, 0.29) is 6.10 Å². The molecule has 3 heterocycles. The van der Waals surface area contributed by atoms with Crippen LogP contribution in [0.2, 0.25) is 0 Å². The second kappa shape index (κ2) is 7.60. The van der Waals surface area contributed by atoms with E-state index in [1.54, 1.807) is 17.7 Å². The molecule has 1 atom stereocenters. The molecule has 1 saturated heterocycles. The van der Waals surface area contributed by atoms with Crippen molar-refractivity contribution in [1.82, 2.24) is 9.97 Å². The summed E-state index contributed by atoms with van der Waals surface area (Å²) in [6.45, 7) is 5.78. The van der Waals surface area contributed by atoms with Gasteiger partial charge in [0.05, 0.1) is 24.3 Å². The van der Waals surface area contributed by atoms with Crippen LogP contribution in [0.25, 0.3) is 10.2 Å². The maximum absolute atomic E-state index is 6.15. The zero-order chi connectivity index (χ0) is 17.9. The van der Waals surface area contributed by atoms with Gasteiger partial charge in [-0.3, -0.25) is 0 Å². The van der Waals surface area contributed by atoms with Crippen LogP contribution in [0.4, 0.5) is 11.5 Å². The first-order chi connectivity index (χ1) is 12.8. The molecule has 0 radical (unpaired) electrons. The molecular formula is C20H23N3O2S. The topological polar surface area (TPSA) is 56.3 Å². The van der Waals surface area contributed by atoms with Crippen LogP contribution >= 0.6 is 11.3 Å². The first kappa shape index (κ1) is 17.2. The van der Waals surface area contributed by atoms with Gasteiger partial charge in [-0.15, -0.1) is 11.3 Å². The number of fused-ring (bicyclic) bond motifs is 1. The number of aromatic nitrogens is 2. The zero-order valence-electron chi connectivity index (χ0n) is 15.1. The van der Waals surface area contributed by atoms with Crippen LogP contribution in [0.5, 0.6) is 5.75 Å². The Morgan fingerprint density at radius 2 is 2.19 bits per heavy atom. The molecule has 1 N–H and O–H groups in total. The normalized spacial score (nSPS) is 16.9. The average Bonchev–Trinajstić information content (AvgIpc) is 3.26. The monoisotopic (exact) mass is 369 g/mol. The molecule has 1 unspecified atom stereocenters. The predicted octanol–water partition coefficient (Wildman–Crippen LogP) is 4.86. The fourth-order valence-electron chi connectivity index (χ4n) is 3.33. The summed E-state index contributed by atoms with van der Waals surface area (Å²) in [4.78, 5) is 11.4. The quantitative estimate of drug-likeness (QED) is 0.672. The van der Waals surface area contributed by atoms with Gasteiger partial charge in [0.15, 0.2) is 0 Å². The third kappa shape index (κ3) is 3.39. The van der Waals surface area contributed by atoms with Crippen molar-refractivity contribution in [2.45, 2.75) is 39.2 Å². The van der Waals surface area contributed by atoms with E-state index >= 15 is 0 Å². The molecule has 1 fully saturated rings. The molecule has 0 amide bonds. The number of para-hydroxylation sites is 2. The predicted molar refractivity (Wildman–Crippen MR) is 106 cm³/mol. The lowest BCUT2D eigenvalue weighted by Crippen LogP contribution is -2.16. The Bertz CT molecular complexity index is 903. The smallest absolute Gasteiger partial charge is 0.143 e. The third-order valence-electron chi connectivity index (χ3n) is 4.61. The van der Waals surface area contributed by atoms with Crippen LogP contribution in [0, 0.1) is 6.92 Å². The Labute approximate surface area is 157 Å². The lowest BCUT2D eigenvalue weighted by molar-refractivity contribution is 0.142. The van der Waals surface area contributed by atoms with Gasteiger partial charge in [0.2, 0.25) is 0 Å². The molecule has 3 aromatic rings.